The molecule has 0 heterocycles. The van der Waals surface area contributed by atoms with Crippen LogP contribution in [0.1, 0.15) is 11.1 Å². The van der Waals surface area contributed by atoms with E-state index in [1.807, 2.05) is 31.2 Å². The smallest absolute Gasteiger partial charge is 0.310 e. The van der Waals surface area contributed by atoms with Gasteiger partial charge in [-0.05, 0) is 30.2 Å². The summed E-state index contributed by atoms with van der Waals surface area (Å²) >= 11 is 0. The molecule has 1 N–H and O–H groups in total. The fourth-order valence-corrected chi connectivity index (χ4v) is 2.06. The Morgan fingerprint density at radius 2 is 1.87 bits per heavy atom. The minimum absolute atomic E-state index is 0.152. The first-order valence-electron chi connectivity index (χ1n) is 7.22. The Morgan fingerprint density at radius 3 is 2.61 bits per heavy atom. The van der Waals surface area contributed by atoms with Crippen molar-refractivity contribution >= 4 is 17.6 Å². The zero-order valence-electron chi connectivity index (χ0n) is 13.2. The number of rotatable bonds is 6. The lowest BCUT2D eigenvalue weighted by molar-refractivity contribution is -0.146. The van der Waals surface area contributed by atoms with Gasteiger partial charge in [-0.2, -0.15) is 0 Å². The first kappa shape index (κ1) is 16.5. The van der Waals surface area contributed by atoms with Crippen molar-refractivity contribution in [3.8, 4) is 5.75 Å². The third-order valence-corrected chi connectivity index (χ3v) is 3.31. The largest absolute Gasteiger partial charge is 0.497 e. The average molecular weight is 313 g/mol. The highest BCUT2D eigenvalue weighted by molar-refractivity contribution is 5.93. The number of carbonyl (C=O) groups is 2. The van der Waals surface area contributed by atoms with Gasteiger partial charge < -0.3 is 14.8 Å². The molecular formula is C18H19NO4. The SMILES string of the molecule is COc1cccc(NC(=O)COC(=O)Cc2ccccc2C)c1. The molecule has 2 rings (SSSR count). The fraction of sp³-hybridized carbons (Fsp3) is 0.222. The maximum absolute atomic E-state index is 11.8. The summed E-state index contributed by atoms with van der Waals surface area (Å²) in [7, 11) is 1.55. The second kappa shape index (κ2) is 7.98. The molecule has 2 aromatic rings. The van der Waals surface area contributed by atoms with Gasteiger partial charge in [0.25, 0.3) is 5.91 Å². The molecule has 0 spiro atoms. The third-order valence-electron chi connectivity index (χ3n) is 3.31. The van der Waals surface area contributed by atoms with Gasteiger partial charge in [-0.1, -0.05) is 30.3 Å². The maximum atomic E-state index is 11.8. The van der Waals surface area contributed by atoms with Crippen LogP contribution in [0.25, 0.3) is 0 Å². The lowest BCUT2D eigenvalue weighted by Gasteiger charge is -2.08. The molecule has 2 aromatic carbocycles. The summed E-state index contributed by atoms with van der Waals surface area (Å²) in [6.45, 7) is 1.61. The number of methoxy groups -OCH3 is 1. The molecule has 120 valence electrons. The molecule has 1 amide bonds. The van der Waals surface area contributed by atoms with Crippen LogP contribution in [0.2, 0.25) is 0 Å². The highest BCUT2D eigenvalue weighted by Crippen LogP contribution is 2.16. The van der Waals surface area contributed by atoms with Crippen LogP contribution in [0, 0.1) is 6.92 Å². The number of aryl methyl sites for hydroxylation is 1. The van der Waals surface area contributed by atoms with Crippen molar-refractivity contribution < 1.29 is 19.1 Å². The number of nitrogens with one attached hydrogen (secondary N) is 1. The summed E-state index contributed by atoms with van der Waals surface area (Å²) < 4.78 is 10.1. The molecule has 0 saturated carbocycles. The van der Waals surface area contributed by atoms with Crippen LogP contribution in [0.3, 0.4) is 0 Å². The van der Waals surface area contributed by atoms with E-state index in [-0.39, 0.29) is 13.0 Å². The zero-order valence-corrected chi connectivity index (χ0v) is 13.2. The topological polar surface area (TPSA) is 64.6 Å². The van der Waals surface area contributed by atoms with Crippen LogP contribution in [0.5, 0.6) is 5.75 Å². The highest BCUT2D eigenvalue weighted by Gasteiger charge is 2.10. The lowest BCUT2D eigenvalue weighted by atomic mass is 10.1. The number of esters is 1. The predicted molar refractivity (Wildman–Crippen MR) is 87.5 cm³/mol. The van der Waals surface area contributed by atoms with Gasteiger partial charge in [-0.3, -0.25) is 9.59 Å². The van der Waals surface area contributed by atoms with E-state index in [4.69, 9.17) is 9.47 Å². The molecule has 5 nitrogen and oxygen atoms in total. The number of anilines is 1. The Balaban J connectivity index is 1.82. The predicted octanol–water partition coefficient (Wildman–Crippen LogP) is 2.73. The monoisotopic (exact) mass is 313 g/mol. The Bertz CT molecular complexity index is 697. The first-order chi connectivity index (χ1) is 11.1. The molecule has 0 fully saturated rings. The Labute approximate surface area is 135 Å². The molecule has 0 aliphatic carbocycles. The molecule has 0 radical (unpaired) electrons. The van der Waals surface area contributed by atoms with E-state index in [1.165, 1.54) is 0 Å². The quantitative estimate of drug-likeness (QED) is 0.833. The van der Waals surface area contributed by atoms with E-state index in [9.17, 15) is 9.59 Å². The third kappa shape index (κ3) is 5.14. The summed E-state index contributed by atoms with van der Waals surface area (Å²) in [4.78, 5) is 23.6. The van der Waals surface area contributed by atoms with E-state index >= 15 is 0 Å². The van der Waals surface area contributed by atoms with Crippen LogP contribution in [-0.2, 0) is 20.7 Å². The van der Waals surface area contributed by atoms with Crippen LogP contribution in [-0.4, -0.2) is 25.6 Å². The number of benzene rings is 2. The summed E-state index contributed by atoms with van der Waals surface area (Å²) in [6.07, 6.45) is 0.152. The first-order valence-corrected chi connectivity index (χ1v) is 7.22. The van der Waals surface area contributed by atoms with Gasteiger partial charge in [0.15, 0.2) is 6.61 Å². The van der Waals surface area contributed by atoms with Crippen molar-refractivity contribution in [2.45, 2.75) is 13.3 Å². The van der Waals surface area contributed by atoms with Gasteiger partial charge in [0.2, 0.25) is 0 Å². The number of amides is 1. The second-order valence-corrected chi connectivity index (χ2v) is 5.04. The van der Waals surface area contributed by atoms with Gasteiger partial charge in [0.05, 0.1) is 13.5 Å². The van der Waals surface area contributed by atoms with Crippen molar-refractivity contribution in [3.63, 3.8) is 0 Å². The van der Waals surface area contributed by atoms with Crippen molar-refractivity contribution in [3.05, 3.63) is 59.7 Å². The molecule has 0 atom stereocenters. The average Bonchev–Trinajstić information content (AvgIpc) is 2.55. The molecular weight excluding hydrogens is 294 g/mol. The second-order valence-electron chi connectivity index (χ2n) is 5.04. The van der Waals surface area contributed by atoms with Crippen molar-refractivity contribution in [2.75, 3.05) is 19.0 Å². The Morgan fingerprint density at radius 1 is 1.09 bits per heavy atom. The van der Waals surface area contributed by atoms with Gasteiger partial charge in [-0.15, -0.1) is 0 Å². The summed E-state index contributed by atoms with van der Waals surface area (Å²) in [6, 6.07) is 14.5. The number of carbonyl (C=O) groups excluding carboxylic acids is 2. The van der Waals surface area contributed by atoms with Gasteiger partial charge in [-0.25, -0.2) is 0 Å². The van der Waals surface area contributed by atoms with Gasteiger partial charge in [0.1, 0.15) is 5.75 Å². The van der Waals surface area contributed by atoms with Gasteiger partial charge >= 0.3 is 5.97 Å². The standard InChI is InChI=1S/C18H19NO4/c1-13-6-3-4-7-14(13)10-18(21)23-12-17(20)19-15-8-5-9-16(11-15)22-2/h3-9,11H,10,12H2,1-2H3,(H,19,20). The summed E-state index contributed by atoms with van der Waals surface area (Å²) in [5, 5.41) is 2.65. The van der Waals surface area contributed by atoms with E-state index in [0.717, 1.165) is 11.1 Å². The molecule has 5 heteroatoms. The van der Waals surface area contributed by atoms with E-state index in [1.54, 1.807) is 31.4 Å². The minimum atomic E-state index is -0.430. The molecule has 23 heavy (non-hydrogen) atoms. The highest BCUT2D eigenvalue weighted by atomic mass is 16.5. The van der Waals surface area contributed by atoms with E-state index < -0.39 is 11.9 Å². The van der Waals surface area contributed by atoms with Gasteiger partial charge in [0, 0.05) is 11.8 Å². The maximum Gasteiger partial charge on any atom is 0.310 e. The molecule has 0 aromatic heterocycles. The summed E-state index contributed by atoms with van der Waals surface area (Å²) in [5.74, 6) is -0.184. The molecule has 0 saturated heterocycles. The van der Waals surface area contributed by atoms with Crippen molar-refractivity contribution in [2.24, 2.45) is 0 Å². The lowest BCUT2D eigenvalue weighted by Crippen LogP contribution is -2.21. The zero-order chi connectivity index (χ0) is 16.7. The van der Waals surface area contributed by atoms with Crippen molar-refractivity contribution in [1.82, 2.24) is 0 Å². The molecule has 0 bridgehead atoms. The molecule has 0 unspecified atom stereocenters. The van der Waals surface area contributed by atoms with Crippen molar-refractivity contribution in [1.29, 1.82) is 0 Å². The summed E-state index contributed by atoms with van der Waals surface area (Å²) in [5.41, 5.74) is 2.50. The van der Waals surface area contributed by atoms with Crippen LogP contribution >= 0.6 is 0 Å². The Kier molecular flexibility index (Phi) is 5.74. The van der Waals surface area contributed by atoms with Crippen LogP contribution in [0.4, 0.5) is 5.69 Å². The van der Waals surface area contributed by atoms with E-state index in [2.05, 4.69) is 5.32 Å². The van der Waals surface area contributed by atoms with Crippen LogP contribution < -0.4 is 10.1 Å². The molecule has 0 aliphatic rings. The normalized spacial score (nSPS) is 10.0. The number of ether oxygens (including phenoxy) is 2. The number of hydrogen-bond donors (Lipinski definition) is 1. The molecule has 0 aliphatic heterocycles. The Hall–Kier alpha value is -2.82. The van der Waals surface area contributed by atoms with E-state index in [0.29, 0.717) is 11.4 Å². The fourth-order valence-electron chi connectivity index (χ4n) is 2.06. The van der Waals surface area contributed by atoms with Crippen LogP contribution in [0.15, 0.2) is 48.5 Å². The number of hydrogen-bond acceptors (Lipinski definition) is 4. The minimum Gasteiger partial charge on any atom is -0.497 e.